The maximum atomic E-state index is 8.17. The van der Waals surface area contributed by atoms with Gasteiger partial charge in [-0.05, 0) is 23.6 Å². The zero-order valence-corrected chi connectivity index (χ0v) is 7.68. The molecule has 0 spiro atoms. The highest BCUT2D eigenvalue weighted by Crippen LogP contribution is 2.12. The van der Waals surface area contributed by atoms with Crippen LogP contribution in [0.15, 0.2) is 27.9 Å². The molecule has 4 nitrogen and oxygen atoms in total. The highest BCUT2D eigenvalue weighted by molar-refractivity contribution is 4.99. The molecule has 0 bridgehead atoms. The van der Waals surface area contributed by atoms with Crippen molar-refractivity contribution < 1.29 is 4.42 Å². The van der Waals surface area contributed by atoms with Gasteiger partial charge in [0.25, 0.3) is 0 Å². The van der Waals surface area contributed by atoms with Crippen molar-refractivity contribution in [3.63, 3.8) is 0 Å². The van der Waals surface area contributed by atoms with E-state index in [1.54, 1.807) is 6.26 Å². The second-order valence-corrected chi connectivity index (χ2v) is 2.97. The van der Waals surface area contributed by atoms with Gasteiger partial charge in [0.1, 0.15) is 5.76 Å². The lowest BCUT2D eigenvalue weighted by Gasteiger charge is -2.08. The van der Waals surface area contributed by atoms with E-state index >= 15 is 0 Å². The van der Waals surface area contributed by atoms with Gasteiger partial charge in [-0.25, -0.2) is 0 Å². The van der Waals surface area contributed by atoms with E-state index in [9.17, 15) is 0 Å². The van der Waals surface area contributed by atoms with Crippen LogP contribution in [0.5, 0.6) is 0 Å². The summed E-state index contributed by atoms with van der Waals surface area (Å²) in [6.45, 7) is 2.63. The third kappa shape index (κ3) is 3.22. The number of nitrogens with zero attached hydrogens (tertiary/aromatic N) is 3. The number of hydrogen-bond donors (Lipinski definition) is 0. The van der Waals surface area contributed by atoms with Gasteiger partial charge in [0.05, 0.1) is 6.26 Å². The molecule has 1 aromatic heterocycles. The fourth-order valence-corrected chi connectivity index (χ4v) is 1.20. The van der Waals surface area contributed by atoms with Gasteiger partial charge in [0.2, 0.25) is 0 Å². The van der Waals surface area contributed by atoms with Crippen molar-refractivity contribution in [3.05, 3.63) is 34.6 Å². The molecule has 0 aliphatic heterocycles. The molecule has 0 radical (unpaired) electrons. The molecular formula is C9H13N3O. The van der Waals surface area contributed by atoms with E-state index in [0.29, 0.717) is 12.5 Å². The molecule has 0 aliphatic rings. The van der Waals surface area contributed by atoms with Crippen LogP contribution < -0.4 is 0 Å². The van der Waals surface area contributed by atoms with Crippen LogP contribution in [-0.2, 0) is 6.42 Å². The van der Waals surface area contributed by atoms with Crippen LogP contribution in [0.1, 0.15) is 19.1 Å². The van der Waals surface area contributed by atoms with E-state index in [4.69, 9.17) is 9.95 Å². The van der Waals surface area contributed by atoms with Crippen LogP contribution in [0.2, 0.25) is 0 Å². The van der Waals surface area contributed by atoms with Crippen molar-refractivity contribution in [1.82, 2.24) is 0 Å². The average molecular weight is 179 g/mol. The maximum absolute atomic E-state index is 8.17. The molecule has 0 fully saturated rings. The Labute approximate surface area is 77.2 Å². The fraction of sp³-hybridized carbons (Fsp3) is 0.556. The SMILES string of the molecule is CCC(CN=[N+]=[N-])Cc1ccco1. The zero-order chi connectivity index (χ0) is 9.52. The third-order valence-corrected chi connectivity index (χ3v) is 2.05. The van der Waals surface area contributed by atoms with Crippen LogP contribution in [0.4, 0.5) is 0 Å². The lowest BCUT2D eigenvalue weighted by atomic mass is 10.0. The molecular weight excluding hydrogens is 166 g/mol. The topological polar surface area (TPSA) is 61.9 Å². The number of rotatable bonds is 5. The van der Waals surface area contributed by atoms with Crippen LogP contribution in [0, 0.1) is 5.92 Å². The monoisotopic (exact) mass is 179 g/mol. The summed E-state index contributed by atoms with van der Waals surface area (Å²) in [7, 11) is 0. The number of hydrogen-bond acceptors (Lipinski definition) is 2. The maximum Gasteiger partial charge on any atom is 0.104 e. The summed E-state index contributed by atoms with van der Waals surface area (Å²) < 4.78 is 5.21. The predicted molar refractivity (Wildman–Crippen MR) is 50.2 cm³/mol. The molecule has 0 aromatic carbocycles. The molecule has 1 rings (SSSR count). The smallest absolute Gasteiger partial charge is 0.104 e. The Morgan fingerprint density at radius 2 is 2.54 bits per heavy atom. The number of furan rings is 1. The Morgan fingerprint density at radius 3 is 3.08 bits per heavy atom. The normalized spacial score (nSPS) is 12.1. The molecule has 0 saturated carbocycles. The van der Waals surface area contributed by atoms with Crippen molar-refractivity contribution in [3.8, 4) is 0 Å². The van der Waals surface area contributed by atoms with Gasteiger partial charge in [-0.3, -0.25) is 0 Å². The molecule has 13 heavy (non-hydrogen) atoms. The Bertz CT molecular complexity index is 275. The first-order valence-corrected chi connectivity index (χ1v) is 4.40. The Hall–Kier alpha value is -1.41. The largest absolute Gasteiger partial charge is 0.469 e. The predicted octanol–water partition coefficient (Wildman–Crippen LogP) is 3.16. The van der Waals surface area contributed by atoms with Gasteiger partial charge in [-0.1, -0.05) is 18.5 Å². The first-order valence-electron chi connectivity index (χ1n) is 4.40. The van der Waals surface area contributed by atoms with E-state index in [2.05, 4.69) is 16.9 Å². The second-order valence-electron chi connectivity index (χ2n) is 2.97. The van der Waals surface area contributed by atoms with Crippen molar-refractivity contribution in [2.45, 2.75) is 19.8 Å². The minimum Gasteiger partial charge on any atom is -0.469 e. The van der Waals surface area contributed by atoms with Crippen LogP contribution in [-0.4, -0.2) is 6.54 Å². The van der Waals surface area contributed by atoms with E-state index in [1.807, 2.05) is 12.1 Å². The summed E-state index contributed by atoms with van der Waals surface area (Å²) in [5.74, 6) is 1.35. The third-order valence-electron chi connectivity index (χ3n) is 2.05. The Kier molecular flexibility index (Phi) is 3.93. The standard InChI is InChI=1S/C9H13N3O/c1-2-8(7-11-12-10)6-9-4-3-5-13-9/h3-5,8H,2,6-7H2,1H3. The van der Waals surface area contributed by atoms with Gasteiger partial charge in [-0.15, -0.1) is 0 Å². The lowest BCUT2D eigenvalue weighted by molar-refractivity contribution is 0.434. The number of azide groups is 1. The second kappa shape index (κ2) is 5.27. The van der Waals surface area contributed by atoms with Crippen molar-refractivity contribution in [2.75, 3.05) is 6.54 Å². The Balaban J connectivity index is 2.44. The fourth-order valence-electron chi connectivity index (χ4n) is 1.20. The summed E-state index contributed by atoms with van der Waals surface area (Å²) in [6, 6.07) is 3.81. The molecule has 1 aromatic rings. The first-order chi connectivity index (χ1) is 6.36. The molecule has 1 atom stereocenters. The lowest BCUT2D eigenvalue weighted by Crippen LogP contribution is -2.05. The molecule has 1 unspecified atom stereocenters. The summed E-state index contributed by atoms with van der Waals surface area (Å²) in [5.41, 5.74) is 8.17. The highest BCUT2D eigenvalue weighted by Gasteiger charge is 2.07. The van der Waals surface area contributed by atoms with E-state index in [0.717, 1.165) is 18.6 Å². The van der Waals surface area contributed by atoms with E-state index in [1.165, 1.54) is 0 Å². The summed E-state index contributed by atoms with van der Waals surface area (Å²) in [6.07, 6.45) is 3.51. The average Bonchev–Trinajstić information content (AvgIpc) is 2.64. The summed E-state index contributed by atoms with van der Waals surface area (Å²) in [5, 5.41) is 3.56. The van der Waals surface area contributed by atoms with Gasteiger partial charge in [-0.2, -0.15) is 0 Å². The Morgan fingerprint density at radius 1 is 1.69 bits per heavy atom. The summed E-state index contributed by atoms with van der Waals surface area (Å²) >= 11 is 0. The molecule has 0 amide bonds. The molecule has 0 saturated heterocycles. The summed E-state index contributed by atoms with van der Waals surface area (Å²) in [4.78, 5) is 2.75. The van der Waals surface area contributed by atoms with Crippen molar-refractivity contribution >= 4 is 0 Å². The molecule has 0 aliphatic carbocycles. The van der Waals surface area contributed by atoms with Gasteiger partial charge in [0, 0.05) is 17.9 Å². The zero-order valence-electron chi connectivity index (χ0n) is 7.68. The van der Waals surface area contributed by atoms with Gasteiger partial charge in [0.15, 0.2) is 0 Å². The molecule has 0 N–H and O–H groups in total. The quantitative estimate of drug-likeness (QED) is 0.389. The van der Waals surface area contributed by atoms with E-state index < -0.39 is 0 Å². The molecule has 4 heteroatoms. The van der Waals surface area contributed by atoms with Gasteiger partial charge >= 0.3 is 0 Å². The van der Waals surface area contributed by atoms with Crippen molar-refractivity contribution in [2.24, 2.45) is 11.0 Å². The van der Waals surface area contributed by atoms with Crippen LogP contribution >= 0.6 is 0 Å². The van der Waals surface area contributed by atoms with Crippen LogP contribution in [0.3, 0.4) is 0 Å². The van der Waals surface area contributed by atoms with Gasteiger partial charge < -0.3 is 4.42 Å². The highest BCUT2D eigenvalue weighted by atomic mass is 16.3. The molecule has 1 heterocycles. The minimum absolute atomic E-state index is 0.391. The minimum atomic E-state index is 0.391. The van der Waals surface area contributed by atoms with Crippen LogP contribution in [0.25, 0.3) is 10.4 Å². The van der Waals surface area contributed by atoms with Crippen molar-refractivity contribution in [1.29, 1.82) is 0 Å². The molecule has 70 valence electrons. The van der Waals surface area contributed by atoms with E-state index in [-0.39, 0.29) is 0 Å². The first kappa shape index (κ1) is 9.68.